The summed E-state index contributed by atoms with van der Waals surface area (Å²) in [4.78, 5) is 0. The van der Waals surface area contributed by atoms with E-state index in [9.17, 15) is 4.57 Å². The molecule has 0 heterocycles. The van der Waals surface area contributed by atoms with Gasteiger partial charge in [-0.25, -0.2) is 0 Å². The lowest BCUT2D eigenvalue weighted by Crippen LogP contribution is -1.95. The third-order valence-corrected chi connectivity index (χ3v) is 3.91. The van der Waals surface area contributed by atoms with E-state index >= 15 is 0 Å². The molecule has 0 bridgehead atoms. The van der Waals surface area contributed by atoms with Gasteiger partial charge in [-0.3, -0.25) is 4.57 Å². The molecule has 0 atom stereocenters. The number of allylic oxidation sites excluding steroid dienone is 1. The molecule has 0 aliphatic carbocycles. The highest BCUT2D eigenvalue weighted by molar-refractivity contribution is 7.61. The van der Waals surface area contributed by atoms with Crippen LogP contribution in [0.5, 0.6) is 0 Å². The zero-order chi connectivity index (χ0) is 9.61. The second-order valence-electron chi connectivity index (χ2n) is 1.94. The molecule has 0 spiro atoms. The molecule has 0 rings (SSSR count). The van der Waals surface area contributed by atoms with Crippen LogP contribution in [0.3, 0.4) is 0 Å². The Balaban J connectivity index is 4.50. The summed E-state index contributed by atoms with van der Waals surface area (Å²) in [6.07, 6.45) is 1.52. The van der Waals surface area contributed by atoms with E-state index in [2.05, 4.69) is 0 Å². The predicted octanol–water partition coefficient (Wildman–Crippen LogP) is 3.35. The van der Waals surface area contributed by atoms with Crippen molar-refractivity contribution in [1.29, 1.82) is 0 Å². The summed E-state index contributed by atoms with van der Waals surface area (Å²) in [6.45, 7) is 5.81. The first kappa shape index (κ1) is 12.2. The number of hydrogen-bond donors (Lipinski definition) is 0. The normalized spacial score (nSPS) is 13.5. The highest BCUT2D eigenvalue weighted by atomic mass is 35.5. The quantitative estimate of drug-likeness (QED) is 0.656. The highest BCUT2D eigenvalue weighted by Gasteiger charge is 2.27. The third kappa shape index (κ3) is 3.28. The van der Waals surface area contributed by atoms with E-state index < -0.39 is 7.60 Å². The van der Waals surface area contributed by atoms with Crippen molar-refractivity contribution in [1.82, 2.24) is 0 Å². The molecule has 0 unspecified atom stereocenters. The Bertz CT molecular complexity index is 193. The van der Waals surface area contributed by atoms with Gasteiger partial charge in [-0.15, -0.1) is 0 Å². The van der Waals surface area contributed by atoms with Crippen molar-refractivity contribution in [3.05, 3.63) is 10.8 Å². The van der Waals surface area contributed by atoms with Gasteiger partial charge in [0.25, 0.3) is 0 Å². The van der Waals surface area contributed by atoms with Crippen LogP contribution in [0.15, 0.2) is 10.8 Å². The van der Waals surface area contributed by atoms with Crippen LogP contribution < -0.4 is 0 Å². The number of rotatable bonds is 5. The van der Waals surface area contributed by atoms with Crippen molar-refractivity contribution in [3.63, 3.8) is 0 Å². The maximum atomic E-state index is 11.7. The van der Waals surface area contributed by atoms with E-state index in [4.69, 9.17) is 20.6 Å². The summed E-state index contributed by atoms with van der Waals surface area (Å²) in [5.41, 5.74) is 0. The second-order valence-corrected chi connectivity index (χ2v) is 4.61. The van der Waals surface area contributed by atoms with Gasteiger partial charge in [0, 0.05) is 0 Å². The van der Waals surface area contributed by atoms with E-state index in [0.29, 0.717) is 13.2 Å². The van der Waals surface area contributed by atoms with Crippen molar-refractivity contribution in [2.75, 3.05) is 13.2 Å². The number of halogens is 1. The van der Waals surface area contributed by atoms with Crippen LogP contribution >= 0.6 is 19.2 Å². The summed E-state index contributed by atoms with van der Waals surface area (Å²) in [5, 5.41) is 0. The molecule has 0 aromatic rings. The van der Waals surface area contributed by atoms with Gasteiger partial charge in [0.05, 0.1) is 13.2 Å². The van der Waals surface area contributed by atoms with Crippen LogP contribution in [0.1, 0.15) is 20.8 Å². The Kier molecular flexibility index (Phi) is 5.85. The van der Waals surface area contributed by atoms with Crippen LogP contribution in [0, 0.1) is 0 Å². The Morgan fingerprint density at radius 3 is 2.08 bits per heavy atom. The first-order chi connectivity index (χ1) is 5.60. The van der Waals surface area contributed by atoms with Crippen molar-refractivity contribution in [3.8, 4) is 0 Å². The van der Waals surface area contributed by atoms with Crippen LogP contribution in [0.2, 0.25) is 0 Å². The van der Waals surface area contributed by atoms with E-state index in [-0.39, 0.29) is 4.77 Å². The minimum Gasteiger partial charge on any atom is -0.305 e. The highest BCUT2D eigenvalue weighted by Crippen LogP contribution is 2.57. The topological polar surface area (TPSA) is 35.5 Å². The maximum Gasteiger partial charge on any atom is 0.372 e. The Morgan fingerprint density at radius 2 is 1.83 bits per heavy atom. The van der Waals surface area contributed by atoms with E-state index in [0.717, 1.165) is 0 Å². The molecule has 12 heavy (non-hydrogen) atoms. The zero-order valence-corrected chi connectivity index (χ0v) is 9.19. The molecule has 0 N–H and O–H groups in total. The zero-order valence-electron chi connectivity index (χ0n) is 7.54. The summed E-state index contributed by atoms with van der Waals surface area (Å²) in [6, 6.07) is 0. The Morgan fingerprint density at radius 1 is 1.42 bits per heavy atom. The molecule has 0 aromatic carbocycles. The largest absolute Gasteiger partial charge is 0.372 e. The lowest BCUT2D eigenvalue weighted by atomic mass is 10.8. The molecule has 3 nitrogen and oxygen atoms in total. The summed E-state index contributed by atoms with van der Waals surface area (Å²) in [7, 11) is -3.18. The van der Waals surface area contributed by atoms with Crippen LogP contribution in [-0.4, -0.2) is 13.2 Å². The molecule has 5 heteroatoms. The van der Waals surface area contributed by atoms with Gasteiger partial charge in [-0.05, 0) is 20.8 Å². The van der Waals surface area contributed by atoms with E-state index in [1.165, 1.54) is 6.08 Å². The average molecular weight is 213 g/mol. The van der Waals surface area contributed by atoms with Crippen molar-refractivity contribution >= 4 is 19.2 Å². The molecule has 0 radical (unpaired) electrons. The minimum atomic E-state index is -3.18. The Labute approximate surface area is 78.2 Å². The molecular formula is C7H14ClO3P. The van der Waals surface area contributed by atoms with Gasteiger partial charge in [0.1, 0.15) is 4.77 Å². The first-order valence-electron chi connectivity index (χ1n) is 3.82. The molecule has 0 saturated heterocycles. The first-order valence-corrected chi connectivity index (χ1v) is 5.74. The second kappa shape index (κ2) is 5.76. The average Bonchev–Trinajstić information content (AvgIpc) is 2.04. The fourth-order valence-electron chi connectivity index (χ4n) is 0.659. The van der Waals surface area contributed by atoms with Crippen LogP contribution in [-0.2, 0) is 13.6 Å². The molecule has 0 amide bonds. The monoisotopic (exact) mass is 212 g/mol. The molecule has 0 aliphatic heterocycles. The lowest BCUT2D eigenvalue weighted by Gasteiger charge is -2.15. The predicted molar refractivity (Wildman–Crippen MR) is 50.5 cm³/mol. The molecule has 72 valence electrons. The van der Waals surface area contributed by atoms with Gasteiger partial charge < -0.3 is 9.05 Å². The molecule has 0 fully saturated rings. The fourth-order valence-corrected chi connectivity index (χ4v) is 2.27. The van der Waals surface area contributed by atoms with Crippen LogP contribution in [0.4, 0.5) is 0 Å². The summed E-state index contributed by atoms with van der Waals surface area (Å²) < 4.78 is 21.8. The third-order valence-electron chi connectivity index (χ3n) is 1.10. The lowest BCUT2D eigenvalue weighted by molar-refractivity contribution is 0.228. The fraction of sp³-hybridized carbons (Fsp3) is 0.714. The maximum absolute atomic E-state index is 11.7. The van der Waals surface area contributed by atoms with Gasteiger partial charge in [0.15, 0.2) is 0 Å². The molecule has 0 aliphatic rings. The Hall–Kier alpha value is 0.180. The summed E-state index contributed by atoms with van der Waals surface area (Å²) in [5.74, 6) is 0. The van der Waals surface area contributed by atoms with Crippen molar-refractivity contribution in [2.24, 2.45) is 0 Å². The number of hydrogen-bond acceptors (Lipinski definition) is 3. The smallest absolute Gasteiger partial charge is 0.305 e. The van der Waals surface area contributed by atoms with Gasteiger partial charge in [-0.2, -0.15) is 0 Å². The molecule has 0 saturated carbocycles. The standard InChI is InChI=1S/C7H14ClO3P/c1-4-7(8)12(9,10-5-2)11-6-3/h4H,5-6H2,1-3H3/b7-4-. The summed E-state index contributed by atoms with van der Waals surface area (Å²) >= 11 is 5.68. The molecule has 0 aromatic heterocycles. The minimum absolute atomic E-state index is 0.145. The van der Waals surface area contributed by atoms with Crippen molar-refractivity contribution < 1.29 is 13.6 Å². The van der Waals surface area contributed by atoms with Gasteiger partial charge >= 0.3 is 7.60 Å². The van der Waals surface area contributed by atoms with Crippen molar-refractivity contribution in [2.45, 2.75) is 20.8 Å². The SMILES string of the molecule is C/C=C(/Cl)P(=O)(OCC)OCC. The molecular weight excluding hydrogens is 199 g/mol. The van der Waals surface area contributed by atoms with E-state index in [1.807, 2.05) is 0 Å². The van der Waals surface area contributed by atoms with Gasteiger partial charge in [-0.1, -0.05) is 17.7 Å². The van der Waals surface area contributed by atoms with E-state index in [1.54, 1.807) is 20.8 Å². The van der Waals surface area contributed by atoms with Crippen LogP contribution in [0.25, 0.3) is 0 Å². The van der Waals surface area contributed by atoms with Gasteiger partial charge in [0.2, 0.25) is 0 Å².